The Kier molecular flexibility index (Phi) is 4.85. The first kappa shape index (κ1) is 17.8. The van der Waals surface area contributed by atoms with Crippen LogP contribution in [0.25, 0.3) is 5.95 Å². The number of hydrogen-bond donors (Lipinski definition) is 1. The molecule has 9 heteroatoms. The van der Waals surface area contributed by atoms with E-state index in [1.165, 1.54) is 11.8 Å². The van der Waals surface area contributed by atoms with Crippen LogP contribution in [0.2, 0.25) is 5.02 Å². The summed E-state index contributed by atoms with van der Waals surface area (Å²) >= 11 is 5.84. The first-order valence-corrected chi connectivity index (χ1v) is 8.17. The molecule has 0 fully saturated rings. The maximum absolute atomic E-state index is 12.7. The zero-order chi connectivity index (χ0) is 18.8. The normalized spacial score (nSPS) is 11.3. The van der Waals surface area contributed by atoms with E-state index in [2.05, 4.69) is 25.3 Å². The highest BCUT2D eigenvalue weighted by Crippen LogP contribution is 2.21. The summed E-state index contributed by atoms with van der Waals surface area (Å²) < 4.78 is 6.47. The van der Waals surface area contributed by atoms with Gasteiger partial charge in [0.25, 0.3) is 5.95 Å². The van der Waals surface area contributed by atoms with Gasteiger partial charge in [-0.05, 0) is 45.0 Å². The van der Waals surface area contributed by atoms with Crippen molar-refractivity contribution < 1.29 is 4.74 Å². The van der Waals surface area contributed by atoms with Crippen molar-refractivity contribution in [3.63, 3.8) is 0 Å². The Bertz CT molecular complexity index is 1040. The van der Waals surface area contributed by atoms with Gasteiger partial charge in [-0.3, -0.25) is 9.89 Å². The summed E-state index contributed by atoms with van der Waals surface area (Å²) in [5.74, 6) is 0.599. The molecule has 0 aliphatic rings. The highest BCUT2D eigenvalue weighted by atomic mass is 35.5. The third-order valence-electron chi connectivity index (χ3n) is 3.86. The number of aromatic nitrogens is 4. The Morgan fingerprint density at radius 2 is 1.81 bits per heavy atom. The van der Waals surface area contributed by atoms with Crippen molar-refractivity contribution in [2.45, 2.75) is 20.8 Å². The molecule has 0 atom stereocenters. The van der Waals surface area contributed by atoms with Crippen molar-refractivity contribution >= 4 is 23.0 Å². The lowest BCUT2D eigenvalue weighted by Crippen LogP contribution is -2.18. The molecule has 2 heterocycles. The molecule has 1 N–H and O–H groups in total. The molecule has 1 aromatic carbocycles. The van der Waals surface area contributed by atoms with Crippen molar-refractivity contribution in [3.05, 3.63) is 56.6 Å². The van der Waals surface area contributed by atoms with Crippen molar-refractivity contribution in [1.82, 2.24) is 19.7 Å². The molecule has 0 saturated heterocycles. The summed E-state index contributed by atoms with van der Waals surface area (Å²) in [4.78, 5) is 21.3. The minimum atomic E-state index is -0.398. The lowest BCUT2D eigenvalue weighted by Gasteiger charge is -2.08. The number of H-pyrrole nitrogens is 1. The minimum Gasteiger partial charge on any atom is -0.481 e. The fourth-order valence-electron chi connectivity index (χ4n) is 2.30. The number of azo groups is 1. The Labute approximate surface area is 154 Å². The van der Waals surface area contributed by atoms with Gasteiger partial charge in [-0.1, -0.05) is 11.6 Å². The minimum absolute atomic E-state index is 0.181. The van der Waals surface area contributed by atoms with Crippen LogP contribution < -0.4 is 10.3 Å². The van der Waals surface area contributed by atoms with Gasteiger partial charge in [0.2, 0.25) is 5.88 Å². The molecule has 134 valence electrons. The van der Waals surface area contributed by atoms with E-state index in [0.29, 0.717) is 22.3 Å². The number of ether oxygens (including phenoxy) is 1. The average Bonchev–Trinajstić information content (AvgIpc) is 2.91. The molecule has 0 unspecified atom stereocenters. The van der Waals surface area contributed by atoms with Crippen LogP contribution in [-0.2, 0) is 0 Å². The van der Waals surface area contributed by atoms with Gasteiger partial charge in [0, 0.05) is 16.3 Å². The summed E-state index contributed by atoms with van der Waals surface area (Å²) in [6.45, 7) is 5.41. The van der Waals surface area contributed by atoms with Gasteiger partial charge >= 0.3 is 5.56 Å². The lowest BCUT2D eigenvalue weighted by atomic mass is 10.3. The number of nitrogens with zero attached hydrogens (tertiary/aromatic N) is 5. The molecular formula is C17H17ClN6O2. The third-order valence-corrected chi connectivity index (χ3v) is 4.11. The van der Waals surface area contributed by atoms with Gasteiger partial charge in [-0.25, -0.2) is 4.98 Å². The quantitative estimate of drug-likeness (QED) is 0.701. The standard InChI is InChI=1S/C17H17ClN6O2/c1-9-10(2)19-17(20-15(9)26-4)24-16(25)14(11(3)23-24)22-21-13-7-5-12(18)6-8-13/h5-8,23H,1-4H3. The van der Waals surface area contributed by atoms with Crippen molar-refractivity contribution in [1.29, 1.82) is 0 Å². The van der Waals surface area contributed by atoms with Crippen molar-refractivity contribution in [2.75, 3.05) is 7.11 Å². The summed E-state index contributed by atoms with van der Waals surface area (Å²) in [6.07, 6.45) is 0. The van der Waals surface area contributed by atoms with E-state index in [9.17, 15) is 4.79 Å². The number of aryl methyl sites for hydroxylation is 2. The summed E-state index contributed by atoms with van der Waals surface area (Å²) in [5, 5.41) is 11.7. The highest BCUT2D eigenvalue weighted by Gasteiger charge is 2.16. The predicted octanol–water partition coefficient (Wildman–Crippen LogP) is 3.96. The maximum Gasteiger partial charge on any atom is 0.301 e. The molecule has 0 amide bonds. The molecular weight excluding hydrogens is 356 g/mol. The smallest absolute Gasteiger partial charge is 0.301 e. The van der Waals surface area contributed by atoms with Gasteiger partial charge in [-0.2, -0.15) is 14.8 Å². The first-order valence-electron chi connectivity index (χ1n) is 7.79. The second kappa shape index (κ2) is 7.09. The molecule has 8 nitrogen and oxygen atoms in total. The molecule has 26 heavy (non-hydrogen) atoms. The van der Waals surface area contributed by atoms with Gasteiger partial charge in [0.05, 0.1) is 18.5 Å². The Morgan fingerprint density at radius 1 is 1.12 bits per heavy atom. The lowest BCUT2D eigenvalue weighted by molar-refractivity contribution is 0.391. The maximum atomic E-state index is 12.7. The molecule has 0 spiro atoms. The number of rotatable bonds is 4. The van der Waals surface area contributed by atoms with E-state index < -0.39 is 5.56 Å². The van der Waals surface area contributed by atoms with Crippen LogP contribution in [0.15, 0.2) is 39.3 Å². The predicted molar refractivity (Wildman–Crippen MR) is 98.4 cm³/mol. The number of methoxy groups -OCH3 is 1. The Morgan fingerprint density at radius 3 is 2.46 bits per heavy atom. The van der Waals surface area contributed by atoms with E-state index in [4.69, 9.17) is 16.3 Å². The molecule has 0 bridgehead atoms. The van der Waals surface area contributed by atoms with Gasteiger partial charge in [0.1, 0.15) is 0 Å². The summed E-state index contributed by atoms with van der Waals surface area (Å²) in [7, 11) is 1.52. The monoisotopic (exact) mass is 372 g/mol. The van der Waals surface area contributed by atoms with Crippen molar-refractivity contribution in [3.8, 4) is 11.8 Å². The first-order chi connectivity index (χ1) is 12.4. The van der Waals surface area contributed by atoms with Crippen molar-refractivity contribution in [2.24, 2.45) is 10.2 Å². The van der Waals surface area contributed by atoms with Gasteiger partial charge in [-0.15, -0.1) is 5.11 Å². The molecule has 0 aliphatic carbocycles. The van der Waals surface area contributed by atoms with Gasteiger partial charge in [0.15, 0.2) is 5.69 Å². The van der Waals surface area contributed by atoms with Crippen LogP contribution in [0.4, 0.5) is 11.4 Å². The van der Waals surface area contributed by atoms with Crippen LogP contribution in [0.5, 0.6) is 5.88 Å². The summed E-state index contributed by atoms with van der Waals surface area (Å²) in [5.41, 5.74) is 2.45. The molecule has 3 aromatic rings. The van der Waals surface area contributed by atoms with E-state index >= 15 is 0 Å². The van der Waals surface area contributed by atoms with E-state index in [1.54, 1.807) is 31.2 Å². The topological polar surface area (TPSA) is 97.5 Å². The number of benzene rings is 1. The fourth-order valence-corrected chi connectivity index (χ4v) is 2.42. The van der Waals surface area contributed by atoms with E-state index in [1.807, 2.05) is 13.8 Å². The molecule has 0 aliphatic heterocycles. The van der Waals surface area contributed by atoms with Crippen LogP contribution in [-0.4, -0.2) is 26.9 Å². The average molecular weight is 373 g/mol. The van der Waals surface area contributed by atoms with E-state index in [0.717, 1.165) is 11.3 Å². The second-order valence-electron chi connectivity index (χ2n) is 5.65. The van der Waals surface area contributed by atoms with Crippen LogP contribution in [0.1, 0.15) is 17.0 Å². The van der Waals surface area contributed by atoms with Crippen LogP contribution in [0, 0.1) is 20.8 Å². The Hall–Kier alpha value is -3.00. The second-order valence-corrected chi connectivity index (χ2v) is 6.08. The molecule has 3 rings (SSSR count). The van der Waals surface area contributed by atoms with Crippen LogP contribution >= 0.6 is 11.6 Å². The SMILES string of the molecule is COc1nc(-n2[nH]c(C)c(N=Nc3ccc(Cl)cc3)c2=O)nc(C)c1C. The van der Waals surface area contributed by atoms with Crippen LogP contribution in [0.3, 0.4) is 0 Å². The molecule has 0 radical (unpaired) electrons. The highest BCUT2D eigenvalue weighted by molar-refractivity contribution is 6.30. The van der Waals surface area contributed by atoms with E-state index in [-0.39, 0.29) is 11.6 Å². The Balaban J connectivity index is 2.02. The molecule has 2 aromatic heterocycles. The van der Waals surface area contributed by atoms with Gasteiger partial charge < -0.3 is 4.74 Å². The number of aromatic amines is 1. The fraction of sp³-hybridized carbons (Fsp3) is 0.235. The third kappa shape index (κ3) is 3.36. The molecule has 0 saturated carbocycles. The number of hydrogen-bond acceptors (Lipinski definition) is 6. The summed E-state index contributed by atoms with van der Waals surface area (Å²) in [6, 6.07) is 6.83. The zero-order valence-electron chi connectivity index (χ0n) is 14.7. The number of nitrogens with one attached hydrogen (secondary N) is 1. The zero-order valence-corrected chi connectivity index (χ0v) is 15.5. The largest absolute Gasteiger partial charge is 0.481 e. The number of halogens is 1.